The number of aliphatic hydroxyl groups excluding tert-OH is 1. The summed E-state index contributed by atoms with van der Waals surface area (Å²) in [6, 6.07) is 0.379. The van der Waals surface area contributed by atoms with Crippen LogP contribution in [0.1, 0.15) is 40.5 Å². The fourth-order valence-corrected chi connectivity index (χ4v) is 3.33. The van der Waals surface area contributed by atoms with Crippen molar-refractivity contribution in [2.24, 2.45) is 5.92 Å². The first-order valence-electron chi connectivity index (χ1n) is 9.44. The van der Waals surface area contributed by atoms with Crippen LogP contribution in [0.4, 0.5) is 0 Å². The minimum absolute atomic E-state index is 0.205. The normalized spacial score (nSPS) is 25.4. The maximum Gasteiger partial charge on any atom is 0.498 e. The number of hydrogen-bond donors (Lipinski definition) is 1. The molecule has 0 spiro atoms. The Kier molecular flexibility index (Phi) is 5.86. The van der Waals surface area contributed by atoms with E-state index in [1.807, 2.05) is 27.7 Å². The van der Waals surface area contributed by atoms with Crippen LogP contribution in [0, 0.1) is 5.92 Å². The summed E-state index contributed by atoms with van der Waals surface area (Å²) >= 11 is 0. The number of aliphatic hydroxyl groups is 1. The van der Waals surface area contributed by atoms with E-state index in [1.165, 1.54) is 0 Å². The second-order valence-electron chi connectivity index (χ2n) is 8.23. The van der Waals surface area contributed by atoms with Crippen LogP contribution in [0.25, 0.3) is 0 Å². The largest absolute Gasteiger partial charge is 0.498 e. The Hall–Kier alpha value is -1.22. The van der Waals surface area contributed by atoms with Gasteiger partial charge < -0.3 is 24.1 Å². The standard InChI is InChI=1S/C18H30BN3O4/c1-17(2)18(3,4)26-19(25-17)15-10-20-16(21-11-15)24-13-14-6-5-7-22(12-14)8-9-23/h10-11,14,23H,5-9,12-13H2,1-4H3/t14-/m1/s1. The average molecular weight is 363 g/mol. The van der Waals surface area contributed by atoms with Crippen LogP contribution in [0.2, 0.25) is 0 Å². The lowest BCUT2D eigenvalue weighted by atomic mass is 9.81. The van der Waals surface area contributed by atoms with Crippen LogP contribution in [0.15, 0.2) is 12.4 Å². The van der Waals surface area contributed by atoms with Gasteiger partial charge >= 0.3 is 13.1 Å². The Morgan fingerprint density at radius 1 is 1.23 bits per heavy atom. The van der Waals surface area contributed by atoms with E-state index in [0.717, 1.165) is 37.9 Å². The number of β-amino-alcohol motifs (C(OH)–C–C–N with tert-alkyl or cyclic N) is 1. The van der Waals surface area contributed by atoms with Gasteiger partial charge in [-0.05, 0) is 47.1 Å². The predicted octanol–water partition coefficient (Wildman–Crippen LogP) is 0.859. The Morgan fingerprint density at radius 3 is 2.50 bits per heavy atom. The molecule has 7 nitrogen and oxygen atoms in total. The second-order valence-corrected chi connectivity index (χ2v) is 8.23. The van der Waals surface area contributed by atoms with Gasteiger partial charge in [-0.1, -0.05) is 0 Å². The Labute approximate surface area is 156 Å². The molecule has 1 aromatic rings. The minimum Gasteiger partial charge on any atom is -0.463 e. The van der Waals surface area contributed by atoms with Crippen LogP contribution in [0.5, 0.6) is 6.01 Å². The molecule has 2 saturated heterocycles. The summed E-state index contributed by atoms with van der Waals surface area (Å²) in [6.07, 6.45) is 5.69. The average Bonchev–Trinajstić information content (AvgIpc) is 2.82. The highest BCUT2D eigenvalue weighted by molar-refractivity contribution is 6.61. The highest BCUT2D eigenvalue weighted by Crippen LogP contribution is 2.36. The molecule has 0 unspecified atom stereocenters. The SMILES string of the molecule is CC1(C)OB(c2cnc(OC[C@@H]3CCCN(CCO)C3)nc2)OC1(C)C. The molecule has 3 heterocycles. The van der Waals surface area contributed by atoms with Gasteiger partial charge in [-0.2, -0.15) is 0 Å². The third-order valence-electron chi connectivity index (χ3n) is 5.64. The van der Waals surface area contributed by atoms with Gasteiger partial charge in [0.15, 0.2) is 0 Å². The number of rotatable bonds is 6. The minimum atomic E-state index is -0.459. The summed E-state index contributed by atoms with van der Waals surface area (Å²) in [5, 5.41) is 9.08. The summed E-state index contributed by atoms with van der Waals surface area (Å²) < 4.78 is 17.8. The van der Waals surface area contributed by atoms with E-state index in [0.29, 0.717) is 18.5 Å². The molecular weight excluding hydrogens is 333 g/mol. The van der Waals surface area contributed by atoms with Crippen molar-refractivity contribution in [2.45, 2.75) is 51.7 Å². The number of likely N-dealkylation sites (tertiary alicyclic amines) is 1. The van der Waals surface area contributed by atoms with Gasteiger partial charge in [-0.3, -0.25) is 0 Å². The van der Waals surface area contributed by atoms with Gasteiger partial charge in [-0.15, -0.1) is 0 Å². The lowest BCUT2D eigenvalue weighted by Crippen LogP contribution is -2.41. The fraction of sp³-hybridized carbons (Fsp3) is 0.778. The van der Waals surface area contributed by atoms with Crippen molar-refractivity contribution in [2.75, 3.05) is 32.8 Å². The molecule has 0 saturated carbocycles. The molecular formula is C18H30BN3O4. The van der Waals surface area contributed by atoms with Crippen LogP contribution < -0.4 is 10.2 Å². The molecule has 3 rings (SSSR count). The van der Waals surface area contributed by atoms with Gasteiger partial charge in [0.2, 0.25) is 0 Å². The molecule has 2 fully saturated rings. The first-order chi connectivity index (χ1) is 12.3. The molecule has 2 aliphatic rings. The number of ether oxygens (including phenoxy) is 1. The monoisotopic (exact) mass is 363 g/mol. The highest BCUT2D eigenvalue weighted by Gasteiger charge is 2.51. The van der Waals surface area contributed by atoms with Crippen molar-refractivity contribution in [1.29, 1.82) is 0 Å². The molecule has 0 amide bonds. The van der Waals surface area contributed by atoms with Crippen molar-refractivity contribution in [3.63, 3.8) is 0 Å². The van der Waals surface area contributed by atoms with Gasteiger partial charge in [0.25, 0.3) is 0 Å². The maximum atomic E-state index is 9.08. The number of aromatic nitrogens is 2. The Morgan fingerprint density at radius 2 is 1.88 bits per heavy atom. The van der Waals surface area contributed by atoms with Crippen molar-refractivity contribution in [1.82, 2.24) is 14.9 Å². The molecule has 1 N–H and O–H groups in total. The van der Waals surface area contributed by atoms with E-state index in [4.69, 9.17) is 19.2 Å². The quantitative estimate of drug-likeness (QED) is 0.751. The molecule has 0 aromatic carbocycles. The van der Waals surface area contributed by atoms with Gasteiger partial charge in [0.1, 0.15) is 0 Å². The summed E-state index contributed by atoms with van der Waals surface area (Å²) in [5.41, 5.74) is 0.0329. The lowest BCUT2D eigenvalue weighted by molar-refractivity contribution is 0.00578. The van der Waals surface area contributed by atoms with Crippen molar-refractivity contribution in [3.8, 4) is 6.01 Å². The van der Waals surface area contributed by atoms with Crippen molar-refractivity contribution >= 4 is 12.6 Å². The van der Waals surface area contributed by atoms with Crippen molar-refractivity contribution in [3.05, 3.63) is 12.4 Å². The summed E-state index contributed by atoms with van der Waals surface area (Å²) in [4.78, 5) is 10.9. The summed E-state index contributed by atoms with van der Waals surface area (Å²) in [5.74, 6) is 0.446. The van der Waals surface area contributed by atoms with Crippen LogP contribution in [0.3, 0.4) is 0 Å². The zero-order chi connectivity index (χ0) is 18.8. The number of piperidine rings is 1. The second kappa shape index (κ2) is 7.80. The third kappa shape index (κ3) is 4.36. The lowest BCUT2D eigenvalue weighted by Gasteiger charge is -2.32. The molecule has 1 atom stereocenters. The predicted molar refractivity (Wildman–Crippen MR) is 99.5 cm³/mol. The molecule has 0 bridgehead atoms. The molecule has 0 radical (unpaired) electrons. The fourth-order valence-electron chi connectivity index (χ4n) is 3.33. The van der Waals surface area contributed by atoms with E-state index in [2.05, 4.69) is 14.9 Å². The number of nitrogens with zero attached hydrogens (tertiary/aromatic N) is 3. The van der Waals surface area contributed by atoms with Crippen molar-refractivity contribution < 1.29 is 19.2 Å². The molecule has 26 heavy (non-hydrogen) atoms. The maximum absolute atomic E-state index is 9.08. The van der Waals surface area contributed by atoms with E-state index in [1.54, 1.807) is 12.4 Å². The van der Waals surface area contributed by atoms with E-state index < -0.39 is 7.12 Å². The molecule has 0 aliphatic carbocycles. The van der Waals surface area contributed by atoms with Crippen LogP contribution in [-0.4, -0.2) is 71.1 Å². The molecule has 144 valence electrons. The van der Waals surface area contributed by atoms with Gasteiger partial charge in [-0.25, -0.2) is 9.97 Å². The number of hydrogen-bond acceptors (Lipinski definition) is 7. The summed E-state index contributed by atoms with van der Waals surface area (Å²) in [7, 11) is -0.459. The zero-order valence-electron chi connectivity index (χ0n) is 16.3. The highest BCUT2D eigenvalue weighted by atomic mass is 16.7. The van der Waals surface area contributed by atoms with E-state index in [9.17, 15) is 0 Å². The third-order valence-corrected chi connectivity index (χ3v) is 5.64. The van der Waals surface area contributed by atoms with Gasteiger partial charge in [0.05, 0.1) is 24.4 Å². The Balaban J connectivity index is 1.52. The smallest absolute Gasteiger partial charge is 0.463 e. The van der Waals surface area contributed by atoms with Gasteiger partial charge in [0, 0.05) is 36.9 Å². The Bertz CT molecular complexity index is 579. The topological polar surface area (TPSA) is 76.9 Å². The summed E-state index contributed by atoms with van der Waals surface area (Å²) in [6.45, 7) is 11.6. The molecule has 8 heteroatoms. The first kappa shape index (κ1) is 19.5. The van der Waals surface area contributed by atoms with Crippen LogP contribution in [-0.2, 0) is 9.31 Å². The van der Waals surface area contributed by atoms with Crippen LogP contribution >= 0.6 is 0 Å². The molecule has 2 aliphatic heterocycles. The molecule has 1 aromatic heterocycles. The zero-order valence-corrected chi connectivity index (χ0v) is 16.3. The first-order valence-corrected chi connectivity index (χ1v) is 9.44. The van der Waals surface area contributed by atoms with E-state index >= 15 is 0 Å². The van der Waals surface area contributed by atoms with E-state index in [-0.39, 0.29) is 17.8 Å².